The Morgan fingerprint density at radius 2 is 1.57 bits per heavy atom. The number of rotatable bonds is 11. The number of benzene rings is 2. The number of ether oxygens (including phenoxy) is 3. The number of esters is 2. The fourth-order valence-electron chi connectivity index (χ4n) is 5.70. The van der Waals surface area contributed by atoms with Gasteiger partial charge in [-0.3, -0.25) is 19.2 Å². The smallest absolute Gasteiger partial charge is 0.324 e. The topological polar surface area (TPSA) is 153 Å². The molecule has 0 atom stereocenters. The Kier molecular flexibility index (Phi) is 9.51. The van der Waals surface area contributed by atoms with Crippen LogP contribution < -0.4 is 10.3 Å². The van der Waals surface area contributed by atoms with E-state index in [2.05, 4.69) is 15.5 Å². The van der Waals surface area contributed by atoms with Crippen LogP contribution in [0.2, 0.25) is 0 Å². The van der Waals surface area contributed by atoms with E-state index < -0.39 is 46.3 Å². The summed E-state index contributed by atoms with van der Waals surface area (Å²) in [7, 11) is 0. The Labute approximate surface area is 272 Å². The quantitative estimate of drug-likeness (QED) is 0.110. The molecule has 1 aliphatic rings. The van der Waals surface area contributed by atoms with Gasteiger partial charge < -0.3 is 18.7 Å². The molecule has 0 radical (unpaired) electrons. The first kappa shape index (κ1) is 33.7. The van der Waals surface area contributed by atoms with Crippen molar-refractivity contribution in [1.82, 2.24) is 20.2 Å². The fourth-order valence-corrected chi connectivity index (χ4v) is 5.70. The highest BCUT2D eigenvalue weighted by Crippen LogP contribution is 2.37. The van der Waals surface area contributed by atoms with Gasteiger partial charge in [0.15, 0.2) is 22.5 Å². The predicted octanol–water partition coefficient (Wildman–Crippen LogP) is 5.83. The minimum absolute atomic E-state index is 0.0542. The first-order chi connectivity index (χ1) is 22.1. The lowest BCUT2D eigenvalue weighted by Crippen LogP contribution is -2.49. The number of Topliss-reactive ketones (excluding diaryl/α,β-unsaturated/α-hetero) is 1. The van der Waals surface area contributed by atoms with Crippen LogP contribution in [0.1, 0.15) is 90.6 Å². The van der Waals surface area contributed by atoms with Crippen molar-refractivity contribution in [2.45, 2.75) is 97.8 Å². The van der Waals surface area contributed by atoms with Gasteiger partial charge in [-0.05, 0) is 91.0 Å². The second kappa shape index (κ2) is 13.2. The van der Waals surface area contributed by atoms with Gasteiger partial charge in [0.2, 0.25) is 0 Å². The maximum atomic E-state index is 14.1. The number of hydrogen-bond donors (Lipinski definition) is 0. The third-order valence-electron chi connectivity index (χ3n) is 8.09. The van der Waals surface area contributed by atoms with Gasteiger partial charge in [0.1, 0.15) is 22.5 Å². The molecule has 2 heterocycles. The maximum absolute atomic E-state index is 14.1. The zero-order valence-electron chi connectivity index (χ0n) is 27.8. The van der Waals surface area contributed by atoms with E-state index in [0.717, 1.165) is 17.5 Å². The summed E-state index contributed by atoms with van der Waals surface area (Å²) in [5.41, 5.74) is -3.97. The molecular formula is C35H42N4O8. The normalized spacial score (nSPS) is 14.4. The Balaban J connectivity index is 1.49. The van der Waals surface area contributed by atoms with Crippen LogP contribution >= 0.6 is 0 Å². The lowest BCUT2D eigenvalue weighted by molar-refractivity contribution is -0.186. The van der Waals surface area contributed by atoms with Crippen molar-refractivity contribution in [3.63, 3.8) is 0 Å². The van der Waals surface area contributed by atoms with Gasteiger partial charge in [-0.25, -0.2) is 4.68 Å². The van der Waals surface area contributed by atoms with E-state index in [1.54, 1.807) is 84.0 Å². The monoisotopic (exact) mass is 646 g/mol. The van der Waals surface area contributed by atoms with Crippen LogP contribution in [-0.4, -0.2) is 55.7 Å². The van der Waals surface area contributed by atoms with Crippen LogP contribution in [0.25, 0.3) is 21.9 Å². The van der Waals surface area contributed by atoms with Gasteiger partial charge in [-0.2, -0.15) is 0 Å². The Hall–Kier alpha value is -4.61. The largest absolute Gasteiger partial charge is 0.493 e. The molecule has 0 amide bonds. The highest BCUT2D eigenvalue weighted by molar-refractivity contribution is 6.11. The number of carbonyl (C=O) groups is 3. The Morgan fingerprint density at radius 1 is 0.915 bits per heavy atom. The van der Waals surface area contributed by atoms with Crippen molar-refractivity contribution in [3.05, 3.63) is 58.5 Å². The van der Waals surface area contributed by atoms with Crippen molar-refractivity contribution in [1.29, 1.82) is 0 Å². The highest BCUT2D eigenvalue weighted by atomic mass is 16.6. The molecule has 1 fully saturated rings. The lowest BCUT2D eigenvalue weighted by Gasteiger charge is -2.34. The zero-order chi connectivity index (χ0) is 34.0. The molecule has 0 spiro atoms. The molecule has 12 heteroatoms. The molecule has 0 aliphatic heterocycles. The number of nitrogens with zero attached hydrogens (tertiary/aromatic N) is 4. The van der Waals surface area contributed by atoms with Crippen LogP contribution in [0.3, 0.4) is 0 Å². The molecule has 250 valence electrons. The number of ketones is 1. The van der Waals surface area contributed by atoms with Gasteiger partial charge >= 0.3 is 11.9 Å². The van der Waals surface area contributed by atoms with Crippen molar-refractivity contribution in [2.75, 3.05) is 6.61 Å². The van der Waals surface area contributed by atoms with Gasteiger partial charge in [0.05, 0.1) is 17.4 Å². The molecule has 1 aliphatic carbocycles. The van der Waals surface area contributed by atoms with E-state index in [9.17, 15) is 19.2 Å². The number of aromatic nitrogens is 4. The summed E-state index contributed by atoms with van der Waals surface area (Å²) in [6, 6.07) is 11.8. The molecule has 0 unspecified atom stereocenters. The van der Waals surface area contributed by atoms with Crippen molar-refractivity contribution in [3.8, 4) is 5.75 Å². The Bertz CT molecular complexity index is 1810. The summed E-state index contributed by atoms with van der Waals surface area (Å²) >= 11 is 0. The third-order valence-corrected chi connectivity index (χ3v) is 8.09. The molecule has 1 saturated carbocycles. The predicted molar refractivity (Wildman–Crippen MR) is 173 cm³/mol. The number of carbonyl (C=O) groups excluding carboxylic acids is 3. The second-order valence-electron chi connectivity index (χ2n) is 14.2. The van der Waals surface area contributed by atoms with Gasteiger partial charge in [0.25, 0.3) is 5.56 Å². The van der Waals surface area contributed by atoms with E-state index in [-0.39, 0.29) is 18.7 Å². The van der Waals surface area contributed by atoms with Crippen LogP contribution in [-0.2, 0) is 25.6 Å². The van der Waals surface area contributed by atoms with Crippen molar-refractivity contribution < 1.29 is 33.1 Å². The number of fused-ring (bicyclic) bond motifs is 2. The zero-order valence-corrected chi connectivity index (χ0v) is 27.8. The number of aryl methyl sites for hydroxylation is 1. The first-order valence-corrected chi connectivity index (χ1v) is 16.0. The maximum Gasteiger partial charge on any atom is 0.324 e. The van der Waals surface area contributed by atoms with E-state index in [1.807, 2.05) is 0 Å². The number of hydrogen-bond acceptors (Lipinski definition) is 11. The van der Waals surface area contributed by atoms with Gasteiger partial charge in [-0.1, -0.05) is 35.3 Å². The van der Waals surface area contributed by atoms with E-state index in [4.69, 9.17) is 18.7 Å². The molecule has 2 aromatic carbocycles. The molecule has 47 heavy (non-hydrogen) atoms. The molecule has 5 rings (SSSR count). The van der Waals surface area contributed by atoms with Crippen molar-refractivity contribution in [2.24, 2.45) is 11.3 Å². The molecule has 12 nitrogen and oxygen atoms in total. The van der Waals surface area contributed by atoms with Crippen LogP contribution in [0, 0.1) is 11.3 Å². The SMILES string of the molecule is CC(C)(C)OC(=O)C(CCn1nnc2ccccc2c1=O)(CC(=O)c1noc2cc(OCC3CCCC3)ccc12)C(=O)OC(C)(C)C. The summed E-state index contributed by atoms with van der Waals surface area (Å²) in [5, 5.41) is 12.9. The van der Waals surface area contributed by atoms with Gasteiger partial charge in [-0.15, -0.1) is 5.10 Å². The van der Waals surface area contributed by atoms with Gasteiger partial charge in [0, 0.05) is 19.0 Å². The second-order valence-corrected chi connectivity index (χ2v) is 14.2. The third kappa shape index (κ3) is 7.86. The molecule has 4 aromatic rings. The molecule has 0 N–H and O–H groups in total. The standard InChI is InChI=1S/C35H42N4O8/c1-33(2,3)45-31(42)35(32(43)46-34(4,5)6,17-18-39-30(41)24-13-9-10-14-26(24)36-38-39)20-27(40)29-25-16-15-23(19-28(25)47-37-29)44-21-22-11-7-8-12-22/h9-10,13-16,19,22H,7-8,11-12,17-18,20-21H2,1-6H3. The summed E-state index contributed by atoms with van der Waals surface area (Å²) in [6.07, 6.45) is 3.70. The van der Waals surface area contributed by atoms with Crippen LogP contribution in [0.4, 0.5) is 0 Å². The van der Waals surface area contributed by atoms with E-state index in [1.165, 1.54) is 12.8 Å². The minimum atomic E-state index is -2.17. The summed E-state index contributed by atoms with van der Waals surface area (Å²) in [4.78, 5) is 55.4. The first-order valence-electron chi connectivity index (χ1n) is 16.0. The minimum Gasteiger partial charge on any atom is -0.493 e. The molecular weight excluding hydrogens is 604 g/mol. The molecule has 0 bridgehead atoms. The van der Waals surface area contributed by atoms with Crippen LogP contribution in [0.5, 0.6) is 5.75 Å². The molecule has 0 saturated heterocycles. The lowest BCUT2D eigenvalue weighted by atomic mass is 9.78. The summed E-state index contributed by atoms with van der Waals surface area (Å²) in [5.74, 6) is -1.46. The molecule has 2 aromatic heterocycles. The average Bonchev–Trinajstić information content (AvgIpc) is 3.67. The fraction of sp³-hybridized carbons (Fsp3) is 0.514. The Morgan fingerprint density at radius 3 is 2.23 bits per heavy atom. The average molecular weight is 647 g/mol. The van der Waals surface area contributed by atoms with Crippen LogP contribution in [0.15, 0.2) is 51.8 Å². The summed E-state index contributed by atoms with van der Waals surface area (Å²) in [6.45, 7) is 10.3. The van der Waals surface area contributed by atoms with Crippen molar-refractivity contribution >= 4 is 39.6 Å². The highest BCUT2D eigenvalue weighted by Gasteiger charge is 2.53. The van der Waals surface area contributed by atoms with E-state index >= 15 is 0 Å². The van der Waals surface area contributed by atoms with E-state index in [0.29, 0.717) is 40.1 Å². The summed E-state index contributed by atoms with van der Waals surface area (Å²) < 4.78 is 24.0.